The van der Waals surface area contributed by atoms with Gasteiger partial charge >= 0.3 is 0 Å². The monoisotopic (exact) mass is 925 g/mol. The van der Waals surface area contributed by atoms with Crippen LogP contribution in [0.2, 0.25) is 13.1 Å². The Bertz CT molecular complexity index is 2020. The number of rotatable bonds is 10. The molecule has 3 aromatic carbocycles. The molecule has 5 rings (SSSR count). The molecule has 5 aromatic rings. The van der Waals surface area contributed by atoms with Crippen LogP contribution >= 0.6 is 11.3 Å². The minimum Gasteiger partial charge on any atom is -0.512 e. The van der Waals surface area contributed by atoms with Crippen LogP contribution in [0, 0.1) is 24.8 Å². The molecular formula is C47H62IrNO2SSi-. The number of nitrogens with zero attached hydrogens (tertiary/aromatic N) is 1. The summed E-state index contributed by atoms with van der Waals surface area (Å²) in [7, 11) is -1.89. The first-order valence-electron chi connectivity index (χ1n) is 19.3. The molecule has 2 heterocycles. The Morgan fingerprint density at radius 1 is 0.849 bits per heavy atom. The topological polar surface area (TPSA) is 50.2 Å². The van der Waals surface area contributed by atoms with Crippen molar-refractivity contribution in [3.63, 3.8) is 0 Å². The molecule has 287 valence electrons. The van der Waals surface area contributed by atoms with Gasteiger partial charge in [0.15, 0.2) is 5.78 Å². The number of aryl methyl sites for hydroxylation is 1. The molecule has 3 nitrogen and oxygen atoms in total. The van der Waals surface area contributed by atoms with Gasteiger partial charge in [0, 0.05) is 54.6 Å². The second-order valence-corrected chi connectivity index (χ2v) is 22.6. The number of fused-ring (bicyclic) bond motifs is 2. The molecule has 2 aromatic heterocycles. The van der Waals surface area contributed by atoms with E-state index in [0.29, 0.717) is 0 Å². The summed E-state index contributed by atoms with van der Waals surface area (Å²) in [5.41, 5.74) is 6.50. The third kappa shape index (κ3) is 10.1. The van der Waals surface area contributed by atoms with Crippen LogP contribution < -0.4 is 9.69 Å². The fraction of sp³-hybridized carbons (Fsp3) is 0.447. The quantitative estimate of drug-likeness (QED) is 0.0657. The molecule has 1 radical (unpaired) electrons. The fourth-order valence-electron chi connectivity index (χ4n) is 7.21. The smallest absolute Gasteiger partial charge is 0.162 e. The zero-order valence-electron chi connectivity index (χ0n) is 34.5. The van der Waals surface area contributed by atoms with Crippen LogP contribution in [-0.4, -0.2) is 23.9 Å². The van der Waals surface area contributed by atoms with Crippen molar-refractivity contribution >= 4 is 55.7 Å². The number of aromatic nitrogens is 1. The largest absolute Gasteiger partial charge is 0.512 e. The van der Waals surface area contributed by atoms with E-state index in [9.17, 15) is 9.90 Å². The number of carbonyl (C=O) groups is 1. The van der Waals surface area contributed by atoms with Gasteiger partial charge in [-0.25, -0.2) is 0 Å². The Balaban J connectivity index is 0.000000403. The summed E-state index contributed by atoms with van der Waals surface area (Å²) in [5.74, 6) is 0.547. The van der Waals surface area contributed by atoms with Crippen molar-refractivity contribution in [3.8, 4) is 11.3 Å². The van der Waals surface area contributed by atoms with E-state index in [0.717, 1.165) is 42.3 Å². The number of aliphatic hydroxyl groups excluding tert-OH is 1. The maximum atomic E-state index is 11.7. The van der Waals surface area contributed by atoms with E-state index in [1.807, 2.05) is 45.2 Å². The maximum absolute atomic E-state index is 11.7. The molecule has 0 aliphatic heterocycles. The molecule has 0 unspecified atom stereocenters. The molecule has 53 heavy (non-hydrogen) atoms. The van der Waals surface area contributed by atoms with Crippen LogP contribution in [0.25, 0.3) is 32.1 Å². The predicted octanol–water partition coefficient (Wildman–Crippen LogP) is 12.5. The Kier molecular flexibility index (Phi) is 15.2. The van der Waals surface area contributed by atoms with Crippen molar-refractivity contribution in [1.82, 2.24) is 4.98 Å². The van der Waals surface area contributed by atoms with Gasteiger partial charge in [0.2, 0.25) is 0 Å². The molecule has 0 saturated carbocycles. The van der Waals surface area contributed by atoms with Crippen molar-refractivity contribution in [1.29, 1.82) is 0 Å². The Labute approximate surface area is 339 Å². The molecule has 0 fully saturated rings. The van der Waals surface area contributed by atoms with Crippen LogP contribution in [0.15, 0.2) is 78.7 Å². The number of ketones is 1. The summed E-state index contributed by atoms with van der Waals surface area (Å²) >= 11 is 1.95. The zero-order valence-corrected chi connectivity index (χ0v) is 38.7. The Morgan fingerprint density at radius 2 is 1.43 bits per heavy atom. The third-order valence-corrected chi connectivity index (χ3v) is 17.1. The van der Waals surface area contributed by atoms with Gasteiger partial charge in [-0.05, 0) is 70.5 Å². The molecule has 0 atom stereocenters. The summed E-state index contributed by atoms with van der Waals surface area (Å²) in [6, 6.07) is 26.3. The fourth-order valence-corrected chi connectivity index (χ4v) is 12.3. The van der Waals surface area contributed by atoms with Crippen LogP contribution in [0.5, 0.6) is 0 Å². The minimum atomic E-state index is -1.89. The van der Waals surface area contributed by atoms with Crippen molar-refractivity contribution in [2.45, 2.75) is 126 Å². The summed E-state index contributed by atoms with van der Waals surface area (Å²) in [5, 5.41) is 15.0. The van der Waals surface area contributed by atoms with E-state index in [1.165, 1.54) is 47.9 Å². The number of carbonyl (C=O) groups excluding carboxylic acids is 1. The van der Waals surface area contributed by atoms with Crippen molar-refractivity contribution in [2.75, 3.05) is 0 Å². The SMILES string of the molecule is CCC(CC)C(=O)/C=C(\O)C(CC)CC.Cc1c([Si](C)(C)c2ccc(C(C)(C)C)cc2)sc2c(-c3[c-]c4ccccc4c(C(C)(C)C)c3)nccc12.[Ir]. The Hall–Kier alpha value is -2.89. The molecule has 0 bridgehead atoms. The molecule has 0 saturated heterocycles. The first-order valence-corrected chi connectivity index (χ1v) is 23.1. The molecule has 1 N–H and O–H groups in total. The van der Waals surface area contributed by atoms with E-state index >= 15 is 0 Å². The average molecular weight is 925 g/mol. The van der Waals surface area contributed by atoms with Gasteiger partial charge in [0.05, 0.1) is 5.76 Å². The van der Waals surface area contributed by atoms with Crippen molar-refractivity contribution < 1.29 is 30.0 Å². The average Bonchev–Trinajstić information content (AvgIpc) is 3.45. The van der Waals surface area contributed by atoms with Crippen LogP contribution in [0.1, 0.15) is 112 Å². The number of pyridine rings is 1. The van der Waals surface area contributed by atoms with Crippen LogP contribution in [0.4, 0.5) is 0 Å². The number of hydrogen-bond donors (Lipinski definition) is 1. The molecule has 6 heteroatoms. The van der Waals surface area contributed by atoms with E-state index in [1.54, 1.807) is 0 Å². The van der Waals surface area contributed by atoms with Gasteiger partial charge in [-0.3, -0.25) is 9.78 Å². The van der Waals surface area contributed by atoms with E-state index in [-0.39, 0.29) is 54.3 Å². The normalized spacial score (nSPS) is 12.6. The number of thiophene rings is 1. The molecule has 0 amide bonds. The van der Waals surface area contributed by atoms with Crippen molar-refractivity contribution in [2.24, 2.45) is 11.8 Å². The molecule has 0 aliphatic carbocycles. The minimum absolute atomic E-state index is 0. The van der Waals surface area contributed by atoms with Gasteiger partial charge in [-0.2, -0.15) is 11.3 Å². The van der Waals surface area contributed by atoms with Gasteiger partial charge in [-0.1, -0.05) is 141 Å². The maximum Gasteiger partial charge on any atom is 0.162 e. The third-order valence-electron chi connectivity index (χ3n) is 10.8. The second-order valence-electron chi connectivity index (χ2n) is 16.9. The van der Waals surface area contributed by atoms with Gasteiger partial charge in [0.1, 0.15) is 8.07 Å². The summed E-state index contributed by atoms with van der Waals surface area (Å²) in [6.45, 7) is 29.1. The summed E-state index contributed by atoms with van der Waals surface area (Å²) in [6.07, 6.45) is 6.89. The van der Waals surface area contributed by atoms with Gasteiger partial charge in [-0.15, -0.1) is 29.1 Å². The standard InChI is InChI=1S/C34H38NSSi.C13H24O2.Ir/c1-22-27-18-19-35-30(24-20-23-12-10-11-13-28(23)29(21-24)34(5,6)7)31(27)36-32(22)37(8,9)26-16-14-25(15-17-26)33(2,3)4;1-5-10(6-2)12(14)9-13(15)11(7-3)8-4;/h10-19,21H,1-9H3;9-11,14H,5-8H2,1-4H3;/q-1;;/b;12-9-;. The first-order chi connectivity index (χ1) is 24.4. The molecule has 0 spiro atoms. The molecule has 0 aliphatic rings. The van der Waals surface area contributed by atoms with Gasteiger partial charge in [0.25, 0.3) is 0 Å². The number of benzene rings is 3. The van der Waals surface area contributed by atoms with Crippen LogP contribution in [0.3, 0.4) is 0 Å². The number of aliphatic hydroxyl groups is 1. The second kappa shape index (κ2) is 18.2. The zero-order chi connectivity index (χ0) is 38.6. The van der Waals surface area contributed by atoms with Crippen LogP contribution in [-0.2, 0) is 35.7 Å². The van der Waals surface area contributed by atoms with Gasteiger partial charge < -0.3 is 5.11 Å². The predicted molar refractivity (Wildman–Crippen MR) is 231 cm³/mol. The number of allylic oxidation sites excluding steroid dienone is 2. The van der Waals surface area contributed by atoms with E-state index in [2.05, 4.69) is 128 Å². The van der Waals surface area contributed by atoms with E-state index in [4.69, 9.17) is 4.98 Å². The summed E-state index contributed by atoms with van der Waals surface area (Å²) in [4.78, 5) is 16.7. The first kappa shape index (κ1) is 44.5. The van der Waals surface area contributed by atoms with E-state index < -0.39 is 8.07 Å². The Morgan fingerprint density at radius 3 is 1.98 bits per heavy atom. The number of hydrogen-bond acceptors (Lipinski definition) is 4. The van der Waals surface area contributed by atoms with Crippen molar-refractivity contribution in [3.05, 3.63) is 101 Å². The summed E-state index contributed by atoms with van der Waals surface area (Å²) < 4.78 is 2.82. The molecular weight excluding hydrogens is 863 g/mol.